The lowest BCUT2D eigenvalue weighted by atomic mass is 9.79. The molecule has 0 N–H and O–H groups in total. The number of benzene rings is 2. The van der Waals surface area contributed by atoms with Crippen LogP contribution in [0.3, 0.4) is 0 Å². The van der Waals surface area contributed by atoms with Crippen LogP contribution in [-0.2, 0) is 20.6 Å². The lowest BCUT2D eigenvalue weighted by molar-refractivity contribution is -0.137. The number of fused-ring (bicyclic) bond motifs is 5. The minimum atomic E-state index is -4.62. The van der Waals surface area contributed by atoms with Gasteiger partial charge in [-0.15, -0.1) is 0 Å². The van der Waals surface area contributed by atoms with E-state index in [0.717, 1.165) is 39.4 Å². The van der Waals surface area contributed by atoms with Gasteiger partial charge in [-0.3, -0.25) is 14.4 Å². The van der Waals surface area contributed by atoms with Crippen molar-refractivity contribution >= 4 is 34.5 Å². The molecule has 4 atom stereocenters. The van der Waals surface area contributed by atoms with Gasteiger partial charge in [-0.25, -0.2) is 4.90 Å². The number of Topliss-reactive ketones (excluding diaryl/α,β-unsaturated/α-hetero) is 1. The largest absolute Gasteiger partial charge is 0.416 e. The second-order valence-electron chi connectivity index (χ2n) is 10.9. The molecule has 5 rings (SSSR count). The highest BCUT2D eigenvalue weighted by Gasteiger charge is 2.65. The van der Waals surface area contributed by atoms with Crippen molar-refractivity contribution in [3.63, 3.8) is 0 Å². The highest BCUT2D eigenvalue weighted by atomic mass is 19.4. The predicted molar refractivity (Wildman–Crippen MR) is 130 cm³/mol. The molecule has 0 aliphatic carbocycles. The number of anilines is 2. The van der Waals surface area contributed by atoms with E-state index in [1.807, 2.05) is 43.0 Å². The number of amides is 2. The molecule has 0 aromatic heterocycles. The van der Waals surface area contributed by atoms with Gasteiger partial charge < -0.3 is 4.90 Å². The third-order valence-corrected chi connectivity index (χ3v) is 7.44. The molecule has 5 nitrogen and oxygen atoms in total. The van der Waals surface area contributed by atoms with Crippen LogP contribution in [0.2, 0.25) is 0 Å². The first-order chi connectivity index (χ1) is 16.7. The van der Waals surface area contributed by atoms with Gasteiger partial charge in [0.15, 0.2) is 5.78 Å². The summed E-state index contributed by atoms with van der Waals surface area (Å²) in [5, 5.41) is 0. The van der Waals surface area contributed by atoms with Crippen molar-refractivity contribution < 1.29 is 27.6 Å². The molecule has 0 saturated carbocycles. The zero-order valence-electron chi connectivity index (χ0n) is 20.7. The van der Waals surface area contributed by atoms with Crippen molar-refractivity contribution in [3.8, 4) is 0 Å². The number of ketones is 1. The Hall–Kier alpha value is -3.42. The fourth-order valence-corrected chi connectivity index (χ4v) is 5.78. The summed E-state index contributed by atoms with van der Waals surface area (Å²) in [5.74, 6) is -3.29. The highest BCUT2D eigenvalue weighted by molar-refractivity contribution is 6.25. The molecule has 36 heavy (non-hydrogen) atoms. The van der Waals surface area contributed by atoms with Crippen LogP contribution in [0, 0.1) is 24.2 Å². The fourth-order valence-electron chi connectivity index (χ4n) is 5.78. The molecule has 0 unspecified atom stereocenters. The number of halogens is 3. The van der Waals surface area contributed by atoms with E-state index in [-0.39, 0.29) is 11.5 Å². The molecule has 3 aliphatic rings. The molecule has 3 aliphatic heterocycles. The number of nitrogens with zero attached hydrogens (tertiary/aromatic N) is 2. The van der Waals surface area contributed by atoms with Gasteiger partial charge in [-0.05, 0) is 49.8 Å². The summed E-state index contributed by atoms with van der Waals surface area (Å²) in [6.45, 7) is 9.20. The summed E-state index contributed by atoms with van der Waals surface area (Å²) in [5.41, 5.74) is 1.81. The SMILES string of the molecule is CC1=C[C@H]2[C@@H]3C(=O)N(c4cccc(C(F)(F)F)c4)C(=O)[C@@H]3[C@H](C(=O)C(C)(C)C)N2c2ccc(C)cc21. The van der Waals surface area contributed by atoms with Crippen molar-refractivity contribution in [2.45, 2.75) is 52.9 Å². The summed E-state index contributed by atoms with van der Waals surface area (Å²) in [6, 6.07) is 8.60. The summed E-state index contributed by atoms with van der Waals surface area (Å²) in [4.78, 5) is 44.1. The Labute approximate surface area is 207 Å². The number of rotatable bonds is 2. The van der Waals surface area contributed by atoms with Gasteiger partial charge in [0.05, 0.1) is 29.1 Å². The maximum atomic E-state index is 13.8. The third kappa shape index (κ3) is 3.49. The lowest BCUT2D eigenvalue weighted by Crippen LogP contribution is -2.51. The summed E-state index contributed by atoms with van der Waals surface area (Å²) < 4.78 is 40.1. The van der Waals surface area contributed by atoms with Crippen LogP contribution < -0.4 is 9.80 Å². The van der Waals surface area contributed by atoms with Gasteiger partial charge >= 0.3 is 6.18 Å². The number of alkyl halides is 3. The smallest absolute Gasteiger partial charge is 0.353 e. The normalized spacial score (nSPS) is 25.5. The molecular formula is C28H27F3N2O3. The Morgan fingerprint density at radius 3 is 2.22 bits per heavy atom. The van der Waals surface area contributed by atoms with E-state index in [1.54, 1.807) is 20.8 Å². The van der Waals surface area contributed by atoms with Gasteiger partial charge in [0.1, 0.15) is 6.04 Å². The molecular weight excluding hydrogens is 469 g/mol. The predicted octanol–water partition coefficient (Wildman–Crippen LogP) is 5.41. The lowest BCUT2D eigenvalue weighted by Gasteiger charge is -2.39. The van der Waals surface area contributed by atoms with Crippen molar-refractivity contribution in [1.29, 1.82) is 0 Å². The van der Waals surface area contributed by atoms with E-state index in [1.165, 1.54) is 12.1 Å². The van der Waals surface area contributed by atoms with Crippen LogP contribution in [0.1, 0.15) is 44.4 Å². The molecule has 2 aromatic rings. The van der Waals surface area contributed by atoms with E-state index in [9.17, 15) is 27.6 Å². The second-order valence-corrected chi connectivity index (χ2v) is 10.9. The van der Waals surface area contributed by atoms with Crippen LogP contribution in [0.25, 0.3) is 5.57 Å². The third-order valence-electron chi connectivity index (χ3n) is 7.44. The molecule has 2 amide bonds. The van der Waals surface area contributed by atoms with Gasteiger partial charge in [-0.1, -0.05) is 44.5 Å². The van der Waals surface area contributed by atoms with E-state index in [2.05, 4.69) is 0 Å². The zero-order valence-corrected chi connectivity index (χ0v) is 20.7. The number of hydrogen-bond acceptors (Lipinski definition) is 4. The highest BCUT2D eigenvalue weighted by Crippen LogP contribution is 2.52. The summed E-state index contributed by atoms with van der Waals surface area (Å²) >= 11 is 0. The number of aryl methyl sites for hydroxylation is 1. The molecule has 2 aromatic carbocycles. The van der Waals surface area contributed by atoms with Gasteiger partial charge in [-0.2, -0.15) is 13.2 Å². The average molecular weight is 497 g/mol. The number of carbonyl (C=O) groups is 3. The molecule has 0 bridgehead atoms. The maximum Gasteiger partial charge on any atom is 0.416 e. The maximum absolute atomic E-state index is 13.8. The molecule has 3 heterocycles. The topological polar surface area (TPSA) is 57.7 Å². The minimum absolute atomic E-state index is 0.129. The van der Waals surface area contributed by atoms with E-state index in [4.69, 9.17) is 0 Å². The molecule has 2 fully saturated rings. The van der Waals surface area contributed by atoms with Crippen molar-refractivity contribution in [2.75, 3.05) is 9.80 Å². The molecule has 0 radical (unpaired) electrons. The Balaban J connectivity index is 1.66. The van der Waals surface area contributed by atoms with Crippen LogP contribution >= 0.6 is 0 Å². The monoisotopic (exact) mass is 496 g/mol. The molecule has 0 spiro atoms. The Morgan fingerprint density at radius 2 is 1.58 bits per heavy atom. The number of carbonyl (C=O) groups excluding carboxylic acids is 3. The Bertz CT molecular complexity index is 1340. The second kappa shape index (κ2) is 7.79. The minimum Gasteiger partial charge on any atom is -0.353 e. The van der Waals surface area contributed by atoms with Gasteiger partial charge in [0.2, 0.25) is 11.8 Å². The Morgan fingerprint density at radius 1 is 0.917 bits per heavy atom. The van der Waals surface area contributed by atoms with Crippen molar-refractivity contribution in [2.24, 2.45) is 17.3 Å². The quantitative estimate of drug-likeness (QED) is 0.522. The molecule has 8 heteroatoms. The first-order valence-electron chi connectivity index (χ1n) is 11.9. The average Bonchev–Trinajstić information content (AvgIpc) is 3.25. The Kier molecular flexibility index (Phi) is 5.25. The fraction of sp³-hybridized carbons (Fsp3) is 0.393. The van der Waals surface area contributed by atoms with Gasteiger partial charge in [0, 0.05) is 16.7 Å². The van der Waals surface area contributed by atoms with Crippen LogP contribution in [0.4, 0.5) is 24.5 Å². The molecule has 2 saturated heterocycles. The summed E-state index contributed by atoms with van der Waals surface area (Å²) in [7, 11) is 0. The summed E-state index contributed by atoms with van der Waals surface area (Å²) in [6.07, 6.45) is -2.71. The number of hydrogen-bond donors (Lipinski definition) is 0. The standard InChI is InChI=1S/C28H27F3N2O3/c1-14-9-10-19-18(11-14)15(2)12-20-21-22(23(33(19)20)24(34)27(3,4)5)26(36)32(25(21)35)17-8-6-7-16(13-17)28(29,30)31/h6-13,20-23H,1-5H3/t20-,21-,22-,23+/m0/s1. The first kappa shape index (κ1) is 24.3. The van der Waals surface area contributed by atoms with Crippen LogP contribution in [0.15, 0.2) is 48.5 Å². The number of allylic oxidation sites excluding steroid dienone is 1. The first-order valence-corrected chi connectivity index (χ1v) is 11.9. The van der Waals surface area contributed by atoms with Crippen molar-refractivity contribution in [1.82, 2.24) is 0 Å². The molecule has 188 valence electrons. The van der Waals surface area contributed by atoms with E-state index < -0.39 is 52.9 Å². The van der Waals surface area contributed by atoms with Gasteiger partial charge in [0.25, 0.3) is 0 Å². The zero-order chi connectivity index (χ0) is 26.3. The van der Waals surface area contributed by atoms with E-state index >= 15 is 0 Å². The van der Waals surface area contributed by atoms with E-state index in [0.29, 0.717) is 0 Å². The number of imide groups is 1. The van der Waals surface area contributed by atoms with Crippen LogP contribution in [-0.4, -0.2) is 29.7 Å². The van der Waals surface area contributed by atoms with Crippen LogP contribution in [0.5, 0.6) is 0 Å². The van der Waals surface area contributed by atoms with Crippen molar-refractivity contribution in [3.05, 3.63) is 65.2 Å².